The Bertz CT molecular complexity index is 2750. The number of benzene rings is 2. The number of carbonyl (C=O) groups is 9. The van der Waals surface area contributed by atoms with E-state index in [1.54, 1.807) is 48.5 Å². The van der Waals surface area contributed by atoms with E-state index < -0.39 is 69.2 Å². The number of nitrogens with zero attached hydrogens (tertiary/aromatic N) is 2. The summed E-state index contributed by atoms with van der Waals surface area (Å²) in [7, 11) is 6.71. The average Bonchev–Trinajstić information content (AvgIpc) is 1.64. The number of nitrogens with one attached hydrogen (secondary N) is 5. The second-order valence-electron chi connectivity index (χ2n) is 20.1. The number of nitro benzene ring substituents is 2. The Hall–Kier alpha value is -8.61. The highest BCUT2D eigenvalue weighted by molar-refractivity contribution is 7.98. The third kappa shape index (κ3) is 33.0. The first kappa shape index (κ1) is 78.4. The molecule has 0 aromatic heterocycles. The SMILES string of the molecule is C=C(C)C(=O)NCNC(=O)CCCOc1cc([N+](=O)[O-])c(CSCC(NC(=O)OC(C)(C)C)C(=O)OC)cc1OC.C=C(C)C(=O)OC(=O)C(=C)C.CNC(=O)CCCOc1cc([N+](=O)[O-])c(CSCC(NC(=O)OC(C)(C)C)C(=O)OC)cc1OC. The lowest BCUT2D eigenvalue weighted by Gasteiger charge is -2.22. The summed E-state index contributed by atoms with van der Waals surface area (Å²) in [6, 6.07) is 3.41. The molecular weight excluding hydrogens is 1190 g/mol. The molecule has 0 radical (unpaired) electrons. The zero-order valence-corrected chi connectivity index (χ0v) is 53.2. The third-order valence-electron chi connectivity index (χ3n) is 10.3. The third-order valence-corrected chi connectivity index (χ3v) is 12.4. The Balaban J connectivity index is 0.00000146. The summed E-state index contributed by atoms with van der Waals surface area (Å²) < 4.78 is 46.0. The predicted octanol–water partition coefficient (Wildman–Crippen LogP) is 6.84. The van der Waals surface area contributed by atoms with Gasteiger partial charge in [0.05, 0.1) is 70.3 Å². The van der Waals surface area contributed by atoms with Crippen LogP contribution in [0.2, 0.25) is 0 Å². The Labute approximate surface area is 513 Å². The van der Waals surface area contributed by atoms with E-state index in [4.69, 9.17) is 37.9 Å². The molecular formula is C56H81N7O22S2. The highest BCUT2D eigenvalue weighted by Crippen LogP contribution is 2.38. The highest BCUT2D eigenvalue weighted by Gasteiger charge is 2.29. The Morgan fingerprint density at radius 1 is 0.575 bits per heavy atom. The van der Waals surface area contributed by atoms with Gasteiger partial charge in [0, 0.05) is 70.7 Å². The lowest BCUT2D eigenvalue weighted by Crippen LogP contribution is -2.45. The highest BCUT2D eigenvalue weighted by atomic mass is 32.2. The smallest absolute Gasteiger partial charge is 0.408 e. The van der Waals surface area contributed by atoms with Crippen LogP contribution in [-0.2, 0) is 68.8 Å². The van der Waals surface area contributed by atoms with Crippen molar-refractivity contribution in [2.75, 3.05) is 66.9 Å². The maximum absolute atomic E-state index is 12.2. The van der Waals surface area contributed by atoms with Gasteiger partial charge in [0.2, 0.25) is 17.7 Å². The maximum atomic E-state index is 12.2. The van der Waals surface area contributed by atoms with E-state index in [1.165, 1.54) is 85.4 Å². The molecule has 5 N–H and O–H groups in total. The van der Waals surface area contributed by atoms with Gasteiger partial charge in [-0.25, -0.2) is 28.8 Å². The molecule has 2 atom stereocenters. The first-order chi connectivity index (χ1) is 40.5. The van der Waals surface area contributed by atoms with Crippen LogP contribution in [0, 0.1) is 20.2 Å². The first-order valence-corrected chi connectivity index (χ1v) is 28.6. The molecule has 31 heteroatoms. The number of hydrogen-bond donors (Lipinski definition) is 5. The van der Waals surface area contributed by atoms with E-state index in [9.17, 15) is 63.4 Å². The van der Waals surface area contributed by atoms with Crippen LogP contribution >= 0.6 is 23.5 Å². The van der Waals surface area contributed by atoms with Gasteiger partial charge in [-0.3, -0.25) is 34.6 Å². The molecule has 0 saturated heterocycles. The number of nitro groups is 2. The van der Waals surface area contributed by atoms with Crippen molar-refractivity contribution in [1.29, 1.82) is 0 Å². The second-order valence-corrected chi connectivity index (χ2v) is 22.2. The molecule has 0 bridgehead atoms. The molecule has 2 rings (SSSR count). The Morgan fingerprint density at radius 3 is 1.26 bits per heavy atom. The minimum atomic E-state index is -1.04. The number of esters is 4. The summed E-state index contributed by atoms with van der Waals surface area (Å²) in [5.41, 5.74) is -0.573. The Morgan fingerprint density at radius 2 is 0.954 bits per heavy atom. The van der Waals surface area contributed by atoms with Crippen molar-refractivity contribution in [3.8, 4) is 23.0 Å². The second kappa shape index (κ2) is 39.9. The predicted molar refractivity (Wildman–Crippen MR) is 322 cm³/mol. The average molecular weight is 1270 g/mol. The normalized spacial score (nSPS) is 11.2. The van der Waals surface area contributed by atoms with Gasteiger partial charge in [-0.2, -0.15) is 23.5 Å². The van der Waals surface area contributed by atoms with E-state index in [1.807, 2.05) is 0 Å². The van der Waals surface area contributed by atoms with Crippen molar-refractivity contribution < 1.29 is 95.6 Å². The number of rotatable bonds is 31. The molecule has 2 unspecified atom stereocenters. The van der Waals surface area contributed by atoms with Crippen molar-refractivity contribution in [3.05, 3.63) is 92.1 Å². The number of hydrogen-bond acceptors (Lipinski definition) is 24. The standard InChI is InChI=1S/C26H38N4O10S.C22H33N3O9S.C8H10O3/c1-16(2)23(32)28-15-27-22(31)9-8-10-39-21-12-19(30(35)36)17(11-20(21)37-6)13-41-14-18(24(33)38-7)29-25(34)40-26(3,4)5;1-22(2,3)34-21(28)24-15(20(27)32-6)13-35-12-14-10-17(31-5)18(11-16(14)25(29)30)33-9-7-8-19(26)23-4;1-5(2)7(9)11-8(10)6(3)4/h11-12,18H,1,8-10,13-15H2,2-7H3,(H,27,31)(H,28,32)(H,29,34);10-11,15H,7-9,12-13H2,1-6H3,(H,23,26)(H,24,28);1,3H2,2,4H3. The van der Waals surface area contributed by atoms with E-state index in [0.717, 1.165) is 11.8 Å². The summed E-state index contributed by atoms with van der Waals surface area (Å²) >= 11 is 2.35. The van der Waals surface area contributed by atoms with Crippen LogP contribution < -0.4 is 45.5 Å². The fourth-order valence-corrected chi connectivity index (χ4v) is 8.12. The fourth-order valence-electron chi connectivity index (χ4n) is 6.07. The van der Waals surface area contributed by atoms with E-state index in [0.29, 0.717) is 35.3 Å². The van der Waals surface area contributed by atoms with Gasteiger partial charge in [-0.1, -0.05) is 19.7 Å². The lowest BCUT2D eigenvalue weighted by atomic mass is 10.2. The number of carbonyl (C=O) groups excluding carboxylic acids is 9. The molecule has 0 aliphatic rings. The molecule has 0 heterocycles. The molecule has 2 aromatic carbocycles. The number of methoxy groups -OCH3 is 4. The van der Waals surface area contributed by atoms with Gasteiger partial charge in [0.25, 0.3) is 11.4 Å². The fraction of sp³-hybridized carbons (Fsp3) is 0.518. The van der Waals surface area contributed by atoms with E-state index in [2.05, 4.69) is 51.1 Å². The molecule has 87 heavy (non-hydrogen) atoms. The van der Waals surface area contributed by atoms with Crippen LogP contribution in [0.25, 0.3) is 0 Å². The zero-order valence-electron chi connectivity index (χ0n) is 51.6. The maximum Gasteiger partial charge on any atom is 0.408 e. The van der Waals surface area contributed by atoms with Gasteiger partial charge in [0.15, 0.2) is 23.0 Å². The van der Waals surface area contributed by atoms with Gasteiger partial charge >= 0.3 is 36.1 Å². The van der Waals surface area contributed by atoms with Crippen LogP contribution in [0.4, 0.5) is 21.0 Å². The summed E-state index contributed by atoms with van der Waals surface area (Å²) in [6.07, 6.45) is -0.495. The molecule has 484 valence electrons. The van der Waals surface area contributed by atoms with Gasteiger partial charge in [-0.05, 0) is 87.3 Å². The van der Waals surface area contributed by atoms with E-state index >= 15 is 0 Å². The minimum Gasteiger partial charge on any atom is -0.493 e. The van der Waals surface area contributed by atoms with Crippen molar-refractivity contribution in [2.24, 2.45) is 0 Å². The van der Waals surface area contributed by atoms with Crippen LogP contribution in [0.1, 0.15) is 99.1 Å². The molecule has 29 nitrogen and oxygen atoms in total. The number of ether oxygens (including phenoxy) is 9. The molecule has 5 amide bonds. The van der Waals surface area contributed by atoms with Crippen LogP contribution in [0.5, 0.6) is 23.0 Å². The first-order valence-electron chi connectivity index (χ1n) is 26.3. The molecule has 0 fully saturated rings. The van der Waals surface area contributed by atoms with Crippen molar-refractivity contribution in [1.82, 2.24) is 26.6 Å². The minimum absolute atomic E-state index is 0.0394. The van der Waals surface area contributed by atoms with Crippen LogP contribution in [-0.4, -0.2) is 154 Å². The van der Waals surface area contributed by atoms with Gasteiger partial charge in [0.1, 0.15) is 23.3 Å². The summed E-state index contributed by atoms with van der Waals surface area (Å²) in [4.78, 5) is 127. The molecule has 0 spiro atoms. The quantitative estimate of drug-likeness (QED) is 0.00753. The number of alkyl carbamates (subject to hydrolysis) is 2. The molecule has 0 aliphatic carbocycles. The summed E-state index contributed by atoms with van der Waals surface area (Å²) in [5, 5.41) is 35.9. The number of thioether (sulfide) groups is 2. The summed E-state index contributed by atoms with van der Waals surface area (Å²) in [6.45, 7) is 24.9. The van der Waals surface area contributed by atoms with Crippen molar-refractivity contribution in [3.63, 3.8) is 0 Å². The van der Waals surface area contributed by atoms with Crippen LogP contribution in [0.3, 0.4) is 0 Å². The topological polar surface area (TPSA) is 383 Å². The van der Waals surface area contributed by atoms with Crippen molar-refractivity contribution in [2.45, 2.75) is 123 Å². The van der Waals surface area contributed by atoms with Gasteiger partial charge in [-0.15, -0.1) is 0 Å². The lowest BCUT2D eigenvalue weighted by molar-refractivity contribution is -0.385. The van der Waals surface area contributed by atoms with Gasteiger partial charge < -0.3 is 69.2 Å². The monoisotopic (exact) mass is 1270 g/mol. The largest absolute Gasteiger partial charge is 0.493 e. The number of amides is 5. The molecule has 0 aliphatic heterocycles. The zero-order chi connectivity index (χ0) is 66.8. The van der Waals surface area contributed by atoms with E-state index in [-0.39, 0.29) is 113 Å². The van der Waals surface area contributed by atoms with Crippen LogP contribution in [0.15, 0.2) is 60.7 Å². The molecule has 2 aromatic rings. The summed E-state index contributed by atoms with van der Waals surface area (Å²) in [5.74, 6) is -2.35. The van der Waals surface area contributed by atoms with Crippen molar-refractivity contribution >= 4 is 88.7 Å². The molecule has 0 saturated carbocycles. The Kier molecular flexibility index (Phi) is 35.9.